The highest BCUT2D eigenvalue weighted by molar-refractivity contribution is 8.54. The first-order valence-corrected chi connectivity index (χ1v) is 9.13. The number of imidazole rings is 1. The largest absolute Gasteiger partial charge is 0.394 e. The maximum Gasteiger partial charge on any atom is 0.384 e. The number of hydrogen-bond acceptors (Lipinski definition) is 8. The van der Waals surface area contributed by atoms with Gasteiger partial charge in [0.05, 0.1) is 19.0 Å². The molecule has 2 aromatic heterocycles. The number of ether oxygens (including phenoxy) is 1. The van der Waals surface area contributed by atoms with E-state index in [9.17, 15) is 9.36 Å². The number of nitrogens with zero attached hydrogens (tertiary/aromatic N) is 3. The molecule has 0 saturated heterocycles. The summed E-state index contributed by atoms with van der Waals surface area (Å²) in [6.45, 7) is -4.77. The first-order chi connectivity index (χ1) is 10.3. The summed E-state index contributed by atoms with van der Waals surface area (Å²) >= 11 is 0.378. The second kappa shape index (κ2) is 6.77. The molecule has 0 amide bonds. The molecule has 0 saturated carbocycles. The number of aromatic nitrogens is 4. The van der Waals surface area contributed by atoms with Crippen molar-refractivity contribution in [2.24, 2.45) is 0 Å². The van der Waals surface area contributed by atoms with Gasteiger partial charge >= 0.3 is 6.80 Å². The van der Waals surface area contributed by atoms with Gasteiger partial charge in [-0.1, -0.05) is 0 Å². The minimum Gasteiger partial charge on any atom is -0.394 e. The summed E-state index contributed by atoms with van der Waals surface area (Å²) in [6, 6.07) is 0. The lowest BCUT2D eigenvalue weighted by Crippen LogP contribution is -2.22. The van der Waals surface area contributed by atoms with Crippen molar-refractivity contribution in [3.05, 3.63) is 16.7 Å². The van der Waals surface area contributed by atoms with Gasteiger partial charge in [-0.25, -0.2) is 9.55 Å². The third kappa shape index (κ3) is 4.29. The summed E-state index contributed by atoms with van der Waals surface area (Å²) in [6.07, 6.45) is 0.520. The van der Waals surface area contributed by atoms with Crippen molar-refractivity contribution in [3.63, 3.8) is 0 Å². The van der Waals surface area contributed by atoms with Crippen molar-refractivity contribution < 1.29 is 24.2 Å². The molecular weight excluding hydrogens is 337 g/mol. The molecule has 13 heteroatoms. The fourth-order valence-electron chi connectivity index (χ4n) is 1.58. The summed E-state index contributed by atoms with van der Waals surface area (Å²) in [5, 5.41) is 9.15. The second-order valence-corrected chi connectivity index (χ2v) is 8.00. The molecule has 6 N–H and O–H groups in total. The van der Waals surface area contributed by atoms with Crippen molar-refractivity contribution in [1.29, 1.82) is 0 Å². The van der Waals surface area contributed by atoms with Crippen molar-refractivity contribution in [1.82, 2.24) is 19.5 Å². The summed E-state index contributed by atoms with van der Waals surface area (Å²) in [4.78, 5) is 39.3. The van der Waals surface area contributed by atoms with Crippen molar-refractivity contribution in [3.8, 4) is 0 Å². The standard InChI is InChI=1S/C9H14N5O6PS/c10-9-12-7-6(8(16)13-9)11-3-14(7)4-20-5(1-15)2-22-21(17,18)19/h3,5,15H,1-2,4H2,(H2,17,18,19)(H3,10,12,13,16). The zero-order valence-corrected chi connectivity index (χ0v) is 12.8. The molecule has 2 aromatic rings. The van der Waals surface area contributed by atoms with Crippen LogP contribution in [0.3, 0.4) is 0 Å². The van der Waals surface area contributed by atoms with Crippen molar-refractivity contribution >= 4 is 35.3 Å². The van der Waals surface area contributed by atoms with Crippen LogP contribution in [0.1, 0.15) is 0 Å². The highest BCUT2D eigenvalue weighted by atomic mass is 32.7. The monoisotopic (exact) mass is 351 g/mol. The number of rotatable bonds is 7. The van der Waals surface area contributed by atoms with Crippen LogP contribution in [0.2, 0.25) is 0 Å². The van der Waals surface area contributed by atoms with Crippen LogP contribution in [-0.2, 0) is 16.0 Å². The van der Waals surface area contributed by atoms with Gasteiger partial charge in [0, 0.05) is 5.75 Å². The number of nitrogen functional groups attached to an aromatic ring is 1. The van der Waals surface area contributed by atoms with Crippen LogP contribution in [0.25, 0.3) is 11.2 Å². The predicted octanol–water partition coefficient (Wildman–Crippen LogP) is -1.14. The molecule has 0 aliphatic carbocycles. The van der Waals surface area contributed by atoms with Crippen LogP contribution < -0.4 is 11.3 Å². The second-order valence-electron chi connectivity index (χ2n) is 4.22. The Morgan fingerprint density at radius 2 is 2.27 bits per heavy atom. The summed E-state index contributed by atoms with van der Waals surface area (Å²) in [5.41, 5.74) is 5.26. The molecule has 1 unspecified atom stereocenters. The van der Waals surface area contributed by atoms with Gasteiger partial charge < -0.3 is 25.4 Å². The van der Waals surface area contributed by atoms with Crippen LogP contribution in [0.5, 0.6) is 0 Å². The lowest BCUT2D eigenvalue weighted by atomic mass is 10.4. The summed E-state index contributed by atoms with van der Waals surface area (Å²) < 4.78 is 17.5. The quantitative estimate of drug-likeness (QED) is 0.383. The Balaban J connectivity index is 2.07. The highest BCUT2D eigenvalue weighted by Crippen LogP contribution is 2.50. The molecule has 0 aromatic carbocycles. The molecule has 2 heterocycles. The minimum atomic E-state index is -4.24. The molecule has 0 bridgehead atoms. The Morgan fingerprint density at radius 3 is 2.91 bits per heavy atom. The van der Waals surface area contributed by atoms with Gasteiger partial charge in [-0.05, 0) is 11.4 Å². The van der Waals surface area contributed by atoms with E-state index in [2.05, 4.69) is 15.0 Å². The maximum absolute atomic E-state index is 11.6. The van der Waals surface area contributed by atoms with Gasteiger partial charge in [-0.2, -0.15) is 4.98 Å². The third-order valence-electron chi connectivity index (χ3n) is 2.57. The van der Waals surface area contributed by atoms with E-state index in [0.29, 0.717) is 11.4 Å². The van der Waals surface area contributed by atoms with E-state index in [1.54, 1.807) is 0 Å². The number of nitrogens with two attached hydrogens (primary N) is 1. The Kier molecular flexibility index (Phi) is 5.21. The topological polar surface area (TPSA) is 177 Å². The van der Waals surface area contributed by atoms with Crippen LogP contribution >= 0.6 is 18.2 Å². The number of aliphatic hydroxyl groups excluding tert-OH is 1. The van der Waals surface area contributed by atoms with E-state index in [1.807, 2.05) is 0 Å². The zero-order valence-electron chi connectivity index (χ0n) is 11.1. The van der Waals surface area contributed by atoms with Crippen molar-refractivity contribution in [2.75, 3.05) is 18.1 Å². The van der Waals surface area contributed by atoms with Crippen LogP contribution in [-0.4, -0.2) is 52.9 Å². The Hall–Kier alpha value is -1.43. The number of H-pyrrole nitrogens is 1. The summed E-state index contributed by atoms with van der Waals surface area (Å²) in [7, 11) is 0. The molecule has 1 atom stereocenters. The normalized spacial score (nSPS) is 13.6. The zero-order chi connectivity index (χ0) is 16.3. The number of hydrogen-bond donors (Lipinski definition) is 5. The molecular formula is C9H14N5O6PS. The van der Waals surface area contributed by atoms with E-state index in [0.717, 1.165) is 0 Å². The van der Waals surface area contributed by atoms with Gasteiger partial charge in [0.15, 0.2) is 11.2 Å². The van der Waals surface area contributed by atoms with Gasteiger partial charge in [0.1, 0.15) is 6.73 Å². The summed E-state index contributed by atoms with van der Waals surface area (Å²) in [5.74, 6) is -0.168. The SMILES string of the molecule is Nc1nc2c(ncn2COC(CO)CSP(=O)(O)O)c(=O)[nH]1. The van der Waals surface area contributed by atoms with Crippen LogP contribution in [0, 0.1) is 0 Å². The molecule has 0 spiro atoms. The lowest BCUT2D eigenvalue weighted by Gasteiger charge is -2.15. The van der Waals surface area contributed by atoms with E-state index >= 15 is 0 Å². The Morgan fingerprint density at radius 1 is 1.55 bits per heavy atom. The molecule has 122 valence electrons. The van der Waals surface area contributed by atoms with Crippen LogP contribution in [0.4, 0.5) is 5.95 Å². The molecule has 11 nitrogen and oxygen atoms in total. The first kappa shape index (κ1) is 16.9. The molecule has 0 fully saturated rings. The molecule has 0 aliphatic heterocycles. The average Bonchev–Trinajstić information content (AvgIpc) is 2.81. The lowest BCUT2D eigenvalue weighted by molar-refractivity contribution is -0.00869. The molecule has 0 radical (unpaired) electrons. The minimum absolute atomic E-state index is 0.0741. The Bertz CT molecular complexity index is 757. The van der Waals surface area contributed by atoms with E-state index in [4.69, 9.17) is 25.4 Å². The number of anilines is 1. The number of aliphatic hydroxyl groups is 1. The fourth-order valence-corrected chi connectivity index (χ4v) is 3.23. The molecule has 0 aliphatic rings. The van der Waals surface area contributed by atoms with Gasteiger partial charge in [0.25, 0.3) is 5.56 Å². The highest BCUT2D eigenvalue weighted by Gasteiger charge is 2.19. The number of aromatic amines is 1. The fraction of sp³-hybridized carbons (Fsp3) is 0.444. The Labute approximate surface area is 127 Å². The smallest absolute Gasteiger partial charge is 0.384 e. The predicted molar refractivity (Wildman–Crippen MR) is 79.0 cm³/mol. The molecule has 22 heavy (non-hydrogen) atoms. The maximum atomic E-state index is 11.6. The first-order valence-electron chi connectivity index (χ1n) is 5.93. The van der Waals surface area contributed by atoms with Gasteiger partial charge in [-0.15, -0.1) is 0 Å². The van der Waals surface area contributed by atoms with Crippen molar-refractivity contribution in [2.45, 2.75) is 12.8 Å². The van der Waals surface area contributed by atoms with E-state index in [1.165, 1.54) is 10.9 Å². The van der Waals surface area contributed by atoms with E-state index < -0.39 is 25.1 Å². The molecule has 2 rings (SSSR count). The van der Waals surface area contributed by atoms with Gasteiger partial charge in [-0.3, -0.25) is 14.3 Å². The average molecular weight is 351 g/mol. The number of nitrogens with one attached hydrogen (secondary N) is 1. The number of fused-ring (bicyclic) bond motifs is 1. The third-order valence-corrected chi connectivity index (χ3v) is 4.89. The van der Waals surface area contributed by atoms with E-state index in [-0.39, 0.29) is 29.6 Å². The van der Waals surface area contributed by atoms with Crippen LogP contribution in [0.15, 0.2) is 11.1 Å². The van der Waals surface area contributed by atoms with Gasteiger partial charge in [0.2, 0.25) is 5.95 Å².